The van der Waals surface area contributed by atoms with Crippen LogP contribution < -0.4 is 10.3 Å². The van der Waals surface area contributed by atoms with Crippen molar-refractivity contribution in [3.05, 3.63) is 22.0 Å². The Hall–Kier alpha value is -2.62. The first-order chi connectivity index (χ1) is 12.5. The molecule has 140 valence electrons. The number of anilines is 1. The van der Waals surface area contributed by atoms with Crippen molar-refractivity contribution >= 4 is 38.9 Å². The molecule has 10 heteroatoms. The third kappa shape index (κ3) is 3.24. The smallest absolute Gasteiger partial charge is 0.409 e. The number of aromatic carboxylic acids is 1. The van der Waals surface area contributed by atoms with Crippen molar-refractivity contribution < 1.29 is 19.4 Å². The molecule has 0 aromatic carbocycles. The number of carboxylic acid groups (broad SMARTS) is 1. The van der Waals surface area contributed by atoms with E-state index >= 15 is 0 Å². The molecule has 0 bridgehead atoms. The fourth-order valence-corrected chi connectivity index (χ4v) is 3.95. The van der Waals surface area contributed by atoms with Gasteiger partial charge >= 0.3 is 12.1 Å². The second-order valence-electron chi connectivity index (χ2n) is 5.79. The predicted octanol–water partition coefficient (Wildman–Crippen LogP) is 1.45. The summed E-state index contributed by atoms with van der Waals surface area (Å²) in [5, 5.41) is 9.89. The first kappa shape index (κ1) is 18.2. The summed E-state index contributed by atoms with van der Waals surface area (Å²) >= 11 is 1.19. The van der Waals surface area contributed by atoms with Crippen molar-refractivity contribution in [3.8, 4) is 0 Å². The Morgan fingerprint density at radius 1 is 1.27 bits per heavy atom. The molecule has 1 saturated heterocycles. The summed E-state index contributed by atoms with van der Waals surface area (Å²) in [4.78, 5) is 43.7. The maximum Gasteiger partial charge on any atom is 0.409 e. The van der Waals surface area contributed by atoms with E-state index < -0.39 is 11.4 Å². The highest BCUT2D eigenvalue weighted by atomic mass is 32.1. The van der Waals surface area contributed by atoms with Crippen LogP contribution >= 0.6 is 11.3 Å². The van der Waals surface area contributed by atoms with Gasteiger partial charge in [-0.25, -0.2) is 14.6 Å². The summed E-state index contributed by atoms with van der Waals surface area (Å²) in [7, 11) is 0. The number of rotatable bonds is 4. The second kappa shape index (κ2) is 7.32. The number of hydrogen-bond acceptors (Lipinski definition) is 7. The molecule has 9 nitrogen and oxygen atoms in total. The number of fused-ring (bicyclic) bond motifs is 1. The lowest BCUT2D eigenvalue weighted by Crippen LogP contribution is -2.49. The number of aromatic nitrogens is 2. The molecule has 0 atom stereocenters. The van der Waals surface area contributed by atoms with E-state index in [0.717, 1.165) is 0 Å². The Bertz CT molecular complexity index is 898. The molecule has 0 saturated carbocycles. The molecule has 3 heterocycles. The van der Waals surface area contributed by atoms with Gasteiger partial charge in [0.1, 0.15) is 10.3 Å². The summed E-state index contributed by atoms with van der Waals surface area (Å²) in [5.74, 6) is -1.24. The summed E-state index contributed by atoms with van der Waals surface area (Å²) in [6.45, 7) is 6.65. The van der Waals surface area contributed by atoms with Crippen molar-refractivity contribution in [1.82, 2.24) is 14.5 Å². The SMILES string of the molecule is CCOC(=O)N1CCN(c2nc3c(s2)c(=O)c(C(=O)O)cn3CC)CC1. The van der Waals surface area contributed by atoms with E-state index in [1.54, 1.807) is 16.4 Å². The van der Waals surface area contributed by atoms with Gasteiger partial charge < -0.3 is 24.2 Å². The molecule has 1 aliphatic heterocycles. The highest BCUT2D eigenvalue weighted by molar-refractivity contribution is 7.22. The molecule has 1 amide bonds. The zero-order chi connectivity index (χ0) is 18.8. The topological polar surface area (TPSA) is 105 Å². The Morgan fingerprint density at radius 3 is 2.54 bits per heavy atom. The lowest BCUT2D eigenvalue weighted by atomic mass is 10.2. The molecule has 1 aliphatic rings. The standard InChI is InChI=1S/C16H20N4O5S/c1-3-18-9-10(14(22)23)11(21)12-13(18)17-15(26-12)19-5-7-20(8-6-19)16(24)25-4-2/h9H,3-8H2,1-2H3,(H,22,23). The van der Waals surface area contributed by atoms with Crippen LogP contribution in [0.15, 0.2) is 11.0 Å². The van der Waals surface area contributed by atoms with Gasteiger partial charge in [-0.15, -0.1) is 0 Å². The summed E-state index contributed by atoms with van der Waals surface area (Å²) < 4.78 is 7.02. The highest BCUT2D eigenvalue weighted by Crippen LogP contribution is 2.28. The lowest BCUT2D eigenvalue weighted by Gasteiger charge is -2.33. The van der Waals surface area contributed by atoms with Gasteiger partial charge in [0.25, 0.3) is 0 Å². The minimum absolute atomic E-state index is 0.248. The van der Waals surface area contributed by atoms with Crippen LogP contribution in [0.2, 0.25) is 0 Å². The predicted molar refractivity (Wildman–Crippen MR) is 97.3 cm³/mol. The molecule has 0 radical (unpaired) electrons. The minimum atomic E-state index is -1.24. The zero-order valence-electron chi connectivity index (χ0n) is 14.6. The number of piperazine rings is 1. The monoisotopic (exact) mass is 380 g/mol. The highest BCUT2D eigenvalue weighted by Gasteiger charge is 2.25. The number of pyridine rings is 1. The maximum absolute atomic E-state index is 12.4. The number of amides is 1. The van der Waals surface area contributed by atoms with E-state index in [1.165, 1.54) is 17.5 Å². The zero-order valence-corrected chi connectivity index (χ0v) is 15.4. The van der Waals surface area contributed by atoms with Crippen LogP contribution in [0.25, 0.3) is 10.3 Å². The molecule has 2 aromatic heterocycles. The van der Waals surface area contributed by atoms with Crippen LogP contribution in [-0.4, -0.2) is 64.4 Å². The van der Waals surface area contributed by atoms with E-state index in [2.05, 4.69) is 4.98 Å². The largest absolute Gasteiger partial charge is 0.477 e. The number of carbonyl (C=O) groups excluding carboxylic acids is 1. The molecule has 3 rings (SSSR count). The van der Waals surface area contributed by atoms with Gasteiger partial charge in [-0.2, -0.15) is 0 Å². The molecule has 1 N–H and O–H groups in total. The molecule has 26 heavy (non-hydrogen) atoms. The van der Waals surface area contributed by atoms with Crippen LogP contribution in [0, 0.1) is 0 Å². The number of aryl methyl sites for hydroxylation is 1. The summed E-state index contributed by atoms with van der Waals surface area (Å²) in [5.41, 5.74) is -0.261. The Kier molecular flexibility index (Phi) is 5.12. The van der Waals surface area contributed by atoms with Crippen LogP contribution in [0.1, 0.15) is 24.2 Å². The molecule has 0 unspecified atom stereocenters. The van der Waals surface area contributed by atoms with Gasteiger partial charge in [-0.1, -0.05) is 11.3 Å². The second-order valence-corrected chi connectivity index (χ2v) is 6.76. The average Bonchev–Trinajstić information content (AvgIpc) is 3.08. The average molecular weight is 380 g/mol. The summed E-state index contributed by atoms with van der Waals surface area (Å²) in [6.07, 6.45) is 1.02. The van der Waals surface area contributed by atoms with Crippen molar-refractivity contribution in [3.63, 3.8) is 0 Å². The third-order valence-electron chi connectivity index (χ3n) is 4.25. The van der Waals surface area contributed by atoms with E-state index in [0.29, 0.717) is 54.8 Å². The molecular weight excluding hydrogens is 360 g/mol. The van der Waals surface area contributed by atoms with Crippen molar-refractivity contribution in [2.75, 3.05) is 37.7 Å². The van der Waals surface area contributed by atoms with Gasteiger partial charge in [0.2, 0.25) is 5.43 Å². The first-order valence-corrected chi connectivity index (χ1v) is 9.21. The molecule has 2 aromatic rings. The lowest BCUT2D eigenvalue weighted by molar-refractivity contribution is 0.0694. The fraction of sp³-hybridized carbons (Fsp3) is 0.500. The van der Waals surface area contributed by atoms with Crippen molar-refractivity contribution in [1.29, 1.82) is 0 Å². The Balaban J connectivity index is 1.88. The van der Waals surface area contributed by atoms with E-state index in [9.17, 15) is 19.5 Å². The van der Waals surface area contributed by atoms with Crippen molar-refractivity contribution in [2.24, 2.45) is 0 Å². The van der Waals surface area contributed by atoms with Crippen LogP contribution in [0.4, 0.5) is 9.93 Å². The first-order valence-electron chi connectivity index (χ1n) is 8.40. The van der Waals surface area contributed by atoms with Crippen LogP contribution in [0.3, 0.4) is 0 Å². The number of hydrogen-bond donors (Lipinski definition) is 1. The number of nitrogens with zero attached hydrogens (tertiary/aromatic N) is 4. The third-order valence-corrected chi connectivity index (χ3v) is 5.36. The van der Waals surface area contributed by atoms with Gasteiger partial charge in [-0.3, -0.25) is 4.79 Å². The van der Waals surface area contributed by atoms with Crippen molar-refractivity contribution in [2.45, 2.75) is 20.4 Å². The van der Waals surface area contributed by atoms with E-state index in [4.69, 9.17) is 4.74 Å². The summed E-state index contributed by atoms with van der Waals surface area (Å²) in [6, 6.07) is 0. The maximum atomic E-state index is 12.4. The Labute approximate surface area is 153 Å². The molecule has 0 spiro atoms. The number of carboxylic acids is 1. The van der Waals surface area contributed by atoms with Gasteiger partial charge in [0.05, 0.1) is 6.61 Å². The minimum Gasteiger partial charge on any atom is -0.477 e. The molecular formula is C16H20N4O5S. The van der Waals surface area contributed by atoms with Gasteiger partial charge in [0, 0.05) is 38.9 Å². The number of carbonyl (C=O) groups is 2. The van der Waals surface area contributed by atoms with Gasteiger partial charge in [-0.05, 0) is 13.8 Å². The quantitative estimate of drug-likeness (QED) is 0.856. The molecule has 0 aliphatic carbocycles. The Morgan fingerprint density at radius 2 is 1.96 bits per heavy atom. The number of thiazole rings is 1. The fourth-order valence-electron chi connectivity index (χ4n) is 2.87. The number of ether oxygens (including phenoxy) is 1. The van der Waals surface area contributed by atoms with Gasteiger partial charge in [0.15, 0.2) is 10.8 Å². The van der Waals surface area contributed by atoms with Crippen LogP contribution in [-0.2, 0) is 11.3 Å². The normalized spacial score (nSPS) is 14.7. The van der Waals surface area contributed by atoms with Crippen LogP contribution in [0.5, 0.6) is 0 Å². The van der Waals surface area contributed by atoms with E-state index in [1.807, 2.05) is 11.8 Å². The van der Waals surface area contributed by atoms with E-state index in [-0.39, 0.29) is 11.7 Å². The molecule has 1 fully saturated rings.